The maximum absolute atomic E-state index is 11.4. The lowest BCUT2D eigenvalue weighted by Gasteiger charge is -2.09. The fourth-order valence-corrected chi connectivity index (χ4v) is 2.57. The second-order valence-corrected chi connectivity index (χ2v) is 8.71. The molecule has 2 N–H and O–H groups in total. The monoisotopic (exact) mass is 285 g/mol. The van der Waals surface area contributed by atoms with Crippen LogP contribution in [0.1, 0.15) is 19.8 Å². The molecule has 0 aliphatic carbocycles. The Morgan fingerprint density at radius 2 is 1.71 bits per heavy atom. The summed E-state index contributed by atoms with van der Waals surface area (Å²) in [4.78, 5) is 11.4. The molecule has 0 amide bonds. The van der Waals surface area contributed by atoms with E-state index in [1.54, 1.807) is 0 Å². The number of sulfone groups is 2. The van der Waals surface area contributed by atoms with Crippen molar-refractivity contribution in [3.05, 3.63) is 0 Å². The second kappa shape index (κ2) is 6.46. The molecular weight excluding hydrogens is 266 g/mol. The van der Waals surface area contributed by atoms with Crippen LogP contribution in [0.3, 0.4) is 0 Å². The van der Waals surface area contributed by atoms with Gasteiger partial charge < -0.3 is 5.73 Å². The summed E-state index contributed by atoms with van der Waals surface area (Å²) in [7, 11) is -6.34. The Kier molecular flexibility index (Phi) is 6.28. The Hall–Kier alpha value is -0.470. The molecule has 0 fully saturated rings. The number of Topliss-reactive ketones (excluding diaryl/α,β-unsaturated/α-hetero) is 1. The molecule has 0 rings (SSSR count). The van der Waals surface area contributed by atoms with Crippen LogP contribution >= 0.6 is 0 Å². The van der Waals surface area contributed by atoms with Gasteiger partial charge in [-0.2, -0.15) is 0 Å². The summed E-state index contributed by atoms with van der Waals surface area (Å²) in [6, 6.07) is -0.906. The SMILES string of the molecule is CCS(=O)(=O)CCC(=O)C(N)CCS(C)(=O)=O. The van der Waals surface area contributed by atoms with E-state index in [4.69, 9.17) is 5.73 Å². The van der Waals surface area contributed by atoms with Crippen LogP contribution in [-0.4, -0.2) is 52.2 Å². The van der Waals surface area contributed by atoms with Gasteiger partial charge in [-0.15, -0.1) is 0 Å². The molecule has 0 bridgehead atoms. The first-order chi connectivity index (χ1) is 7.57. The predicted octanol–water partition coefficient (Wildman–Crippen LogP) is -0.858. The highest BCUT2D eigenvalue weighted by molar-refractivity contribution is 7.91. The van der Waals surface area contributed by atoms with Crippen LogP contribution in [0.15, 0.2) is 0 Å². The van der Waals surface area contributed by atoms with Gasteiger partial charge in [-0.25, -0.2) is 16.8 Å². The van der Waals surface area contributed by atoms with Gasteiger partial charge in [-0.05, 0) is 6.42 Å². The number of rotatable bonds is 8. The van der Waals surface area contributed by atoms with Crippen molar-refractivity contribution in [3.63, 3.8) is 0 Å². The molecule has 1 atom stereocenters. The van der Waals surface area contributed by atoms with Gasteiger partial charge >= 0.3 is 0 Å². The molecule has 8 heteroatoms. The summed E-state index contributed by atoms with van der Waals surface area (Å²) in [5.41, 5.74) is 5.49. The van der Waals surface area contributed by atoms with E-state index >= 15 is 0 Å². The average Bonchev–Trinajstić information content (AvgIpc) is 2.21. The van der Waals surface area contributed by atoms with Crippen LogP contribution in [0.2, 0.25) is 0 Å². The molecule has 1 unspecified atom stereocenters. The molecule has 17 heavy (non-hydrogen) atoms. The zero-order valence-electron chi connectivity index (χ0n) is 10.0. The minimum atomic E-state index is -3.19. The van der Waals surface area contributed by atoms with Crippen molar-refractivity contribution >= 4 is 25.5 Å². The lowest BCUT2D eigenvalue weighted by molar-refractivity contribution is -0.119. The molecular formula is C9H19NO5S2. The summed E-state index contributed by atoms with van der Waals surface area (Å²) in [6.45, 7) is 1.50. The Balaban J connectivity index is 4.16. The Morgan fingerprint density at radius 3 is 2.12 bits per heavy atom. The van der Waals surface area contributed by atoms with Gasteiger partial charge in [-0.1, -0.05) is 6.92 Å². The van der Waals surface area contributed by atoms with Gasteiger partial charge in [0.1, 0.15) is 19.7 Å². The largest absolute Gasteiger partial charge is 0.321 e. The Bertz CT molecular complexity index is 452. The predicted molar refractivity (Wildman–Crippen MR) is 66.3 cm³/mol. The van der Waals surface area contributed by atoms with Crippen LogP contribution < -0.4 is 5.73 Å². The van der Waals surface area contributed by atoms with Gasteiger partial charge in [0.15, 0.2) is 5.78 Å². The molecule has 0 radical (unpaired) electrons. The highest BCUT2D eigenvalue weighted by atomic mass is 32.2. The van der Waals surface area contributed by atoms with Crippen molar-refractivity contribution < 1.29 is 21.6 Å². The lowest BCUT2D eigenvalue weighted by Crippen LogP contribution is -2.33. The van der Waals surface area contributed by atoms with Crippen LogP contribution in [0.4, 0.5) is 0 Å². The molecule has 0 aliphatic heterocycles. The number of ketones is 1. The van der Waals surface area contributed by atoms with Crippen molar-refractivity contribution in [2.75, 3.05) is 23.5 Å². The van der Waals surface area contributed by atoms with Crippen molar-refractivity contribution in [1.29, 1.82) is 0 Å². The highest BCUT2D eigenvalue weighted by Gasteiger charge is 2.18. The molecule has 0 spiro atoms. The third-order valence-corrected chi connectivity index (χ3v) is 5.00. The summed E-state index contributed by atoms with van der Waals surface area (Å²) < 4.78 is 44.0. The van der Waals surface area contributed by atoms with Gasteiger partial charge in [0.25, 0.3) is 0 Å². The fourth-order valence-electron chi connectivity index (χ4n) is 1.09. The summed E-state index contributed by atoms with van der Waals surface area (Å²) in [5.74, 6) is -0.820. The molecule has 6 nitrogen and oxygen atoms in total. The summed E-state index contributed by atoms with van der Waals surface area (Å²) >= 11 is 0. The van der Waals surface area contributed by atoms with Crippen molar-refractivity contribution in [1.82, 2.24) is 0 Å². The molecule has 0 heterocycles. The zero-order valence-corrected chi connectivity index (χ0v) is 11.7. The van der Waals surface area contributed by atoms with E-state index in [9.17, 15) is 21.6 Å². The number of hydrogen-bond donors (Lipinski definition) is 1. The molecule has 0 aromatic rings. The summed E-state index contributed by atoms with van der Waals surface area (Å²) in [5, 5.41) is 0. The van der Waals surface area contributed by atoms with Crippen LogP contribution in [0, 0.1) is 0 Å². The smallest absolute Gasteiger partial charge is 0.150 e. The highest BCUT2D eigenvalue weighted by Crippen LogP contribution is 2.01. The van der Waals surface area contributed by atoms with Crippen molar-refractivity contribution in [3.8, 4) is 0 Å². The number of carbonyl (C=O) groups excluding carboxylic acids is 1. The van der Waals surface area contributed by atoms with E-state index in [-0.39, 0.29) is 30.1 Å². The molecule has 0 aromatic heterocycles. The van der Waals surface area contributed by atoms with Crippen molar-refractivity contribution in [2.24, 2.45) is 5.73 Å². The van der Waals surface area contributed by atoms with Crippen LogP contribution in [-0.2, 0) is 24.5 Å². The van der Waals surface area contributed by atoms with Crippen molar-refractivity contribution in [2.45, 2.75) is 25.8 Å². The maximum atomic E-state index is 11.4. The normalized spacial score (nSPS) is 14.5. The molecule has 102 valence electrons. The first-order valence-corrected chi connectivity index (χ1v) is 9.12. The molecule has 0 aliphatic rings. The topological polar surface area (TPSA) is 111 Å². The maximum Gasteiger partial charge on any atom is 0.150 e. The average molecular weight is 285 g/mol. The first-order valence-electron chi connectivity index (χ1n) is 5.24. The van der Waals surface area contributed by atoms with E-state index in [0.29, 0.717) is 0 Å². The Labute approximate surface area is 102 Å². The minimum absolute atomic E-state index is 0.0150. The van der Waals surface area contributed by atoms with Crippen LogP contribution in [0.25, 0.3) is 0 Å². The third-order valence-electron chi connectivity index (χ3n) is 2.31. The van der Waals surface area contributed by atoms with E-state index < -0.39 is 31.5 Å². The molecule has 0 saturated carbocycles. The third kappa shape index (κ3) is 8.28. The van der Waals surface area contributed by atoms with E-state index in [1.165, 1.54) is 6.92 Å². The van der Waals surface area contributed by atoms with E-state index in [2.05, 4.69) is 0 Å². The minimum Gasteiger partial charge on any atom is -0.321 e. The number of nitrogens with two attached hydrogens (primary N) is 1. The standard InChI is InChI=1S/C9H19NO5S2/c1-3-17(14,15)7-5-9(11)8(10)4-6-16(2,12)13/h8H,3-7,10H2,1-2H3. The summed E-state index contributed by atoms with van der Waals surface area (Å²) in [6.07, 6.45) is 0.941. The van der Waals surface area contributed by atoms with E-state index in [1.807, 2.05) is 0 Å². The lowest BCUT2D eigenvalue weighted by atomic mass is 10.1. The molecule has 0 saturated heterocycles. The fraction of sp³-hybridized carbons (Fsp3) is 0.889. The van der Waals surface area contributed by atoms with Gasteiger partial charge in [-0.3, -0.25) is 4.79 Å². The zero-order chi connectivity index (χ0) is 13.7. The first kappa shape index (κ1) is 16.5. The van der Waals surface area contributed by atoms with Crippen LogP contribution in [0.5, 0.6) is 0 Å². The van der Waals surface area contributed by atoms with Gasteiger partial charge in [0, 0.05) is 18.4 Å². The van der Waals surface area contributed by atoms with Gasteiger partial charge in [0.2, 0.25) is 0 Å². The second-order valence-electron chi connectivity index (χ2n) is 3.98. The molecule has 0 aromatic carbocycles. The number of hydrogen-bond acceptors (Lipinski definition) is 6. The quantitative estimate of drug-likeness (QED) is 0.621. The Morgan fingerprint density at radius 1 is 1.18 bits per heavy atom. The van der Waals surface area contributed by atoms with E-state index in [0.717, 1.165) is 6.26 Å². The number of carbonyl (C=O) groups is 1. The van der Waals surface area contributed by atoms with Gasteiger partial charge in [0.05, 0.1) is 17.5 Å².